The SMILES string of the molecule is C=CCCCNCC(CC)CCCC. The summed E-state index contributed by atoms with van der Waals surface area (Å²) < 4.78 is 0. The third-order valence-corrected chi connectivity index (χ3v) is 2.74. The summed E-state index contributed by atoms with van der Waals surface area (Å²) in [5.41, 5.74) is 0. The molecule has 0 radical (unpaired) electrons. The largest absolute Gasteiger partial charge is 0.316 e. The zero-order valence-corrected chi connectivity index (χ0v) is 10.0. The van der Waals surface area contributed by atoms with E-state index in [0.29, 0.717) is 0 Å². The molecule has 0 aromatic rings. The third kappa shape index (κ3) is 8.31. The van der Waals surface area contributed by atoms with Crippen molar-refractivity contribution >= 4 is 0 Å². The van der Waals surface area contributed by atoms with Crippen LogP contribution in [0.4, 0.5) is 0 Å². The number of rotatable bonds is 10. The molecule has 0 aliphatic rings. The van der Waals surface area contributed by atoms with Gasteiger partial charge in [-0.15, -0.1) is 6.58 Å². The lowest BCUT2D eigenvalue weighted by molar-refractivity contribution is 0.419. The number of unbranched alkanes of at least 4 members (excludes halogenated alkanes) is 2. The molecule has 0 aromatic heterocycles. The Labute approximate surface area is 90.0 Å². The molecule has 1 atom stereocenters. The average molecular weight is 197 g/mol. The van der Waals surface area contributed by atoms with Crippen LogP contribution in [0.5, 0.6) is 0 Å². The van der Waals surface area contributed by atoms with Crippen molar-refractivity contribution in [3.05, 3.63) is 12.7 Å². The van der Waals surface area contributed by atoms with Gasteiger partial charge in [0.25, 0.3) is 0 Å². The highest BCUT2D eigenvalue weighted by Gasteiger charge is 2.03. The molecule has 1 unspecified atom stereocenters. The lowest BCUT2D eigenvalue weighted by atomic mass is 9.99. The van der Waals surface area contributed by atoms with Gasteiger partial charge in [-0.1, -0.05) is 39.2 Å². The van der Waals surface area contributed by atoms with Crippen molar-refractivity contribution in [2.75, 3.05) is 13.1 Å². The molecule has 1 nitrogen and oxygen atoms in total. The van der Waals surface area contributed by atoms with Gasteiger partial charge in [0.15, 0.2) is 0 Å². The summed E-state index contributed by atoms with van der Waals surface area (Å²) in [6, 6.07) is 0. The third-order valence-electron chi connectivity index (χ3n) is 2.74. The Morgan fingerprint density at radius 2 is 2.07 bits per heavy atom. The Bertz CT molecular complexity index is 120. The first-order chi connectivity index (χ1) is 6.85. The molecule has 0 rings (SSSR count). The predicted octanol–water partition coefficient (Wildman–Crippen LogP) is 3.76. The van der Waals surface area contributed by atoms with Crippen LogP contribution in [-0.2, 0) is 0 Å². The number of hydrogen-bond acceptors (Lipinski definition) is 1. The van der Waals surface area contributed by atoms with Gasteiger partial charge in [0.2, 0.25) is 0 Å². The molecule has 0 bridgehead atoms. The smallest absolute Gasteiger partial charge is 0.00206 e. The summed E-state index contributed by atoms with van der Waals surface area (Å²) in [7, 11) is 0. The Morgan fingerprint density at radius 3 is 2.64 bits per heavy atom. The van der Waals surface area contributed by atoms with E-state index in [-0.39, 0.29) is 0 Å². The minimum absolute atomic E-state index is 0.888. The molecule has 84 valence electrons. The molecule has 0 spiro atoms. The normalized spacial score (nSPS) is 12.7. The van der Waals surface area contributed by atoms with Crippen LogP contribution in [0.25, 0.3) is 0 Å². The van der Waals surface area contributed by atoms with Crippen LogP contribution < -0.4 is 5.32 Å². The van der Waals surface area contributed by atoms with Crippen LogP contribution in [0.1, 0.15) is 52.4 Å². The molecular formula is C13H27N. The predicted molar refractivity (Wildman–Crippen MR) is 65.6 cm³/mol. The second-order valence-electron chi connectivity index (χ2n) is 4.05. The maximum atomic E-state index is 3.72. The van der Waals surface area contributed by atoms with Crippen molar-refractivity contribution in [1.82, 2.24) is 5.32 Å². The monoisotopic (exact) mass is 197 g/mol. The van der Waals surface area contributed by atoms with E-state index < -0.39 is 0 Å². The molecular weight excluding hydrogens is 170 g/mol. The zero-order chi connectivity index (χ0) is 10.6. The first-order valence-electron chi connectivity index (χ1n) is 6.16. The topological polar surface area (TPSA) is 12.0 Å². The van der Waals surface area contributed by atoms with Gasteiger partial charge in [-0.25, -0.2) is 0 Å². The van der Waals surface area contributed by atoms with Gasteiger partial charge in [0.05, 0.1) is 0 Å². The molecule has 0 fully saturated rings. The number of hydrogen-bond donors (Lipinski definition) is 1. The first-order valence-corrected chi connectivity index (χ1v) is 6.16. The highest BCUT2D eigenvalue weighted by Crippen LogP contribution is 2.10. The summed E-state index contributed by atoms with van der Waals surface area (Å²) in [6.07, 6.45) is 9.78. The van der Waals surface area contributed by atoms with Crippen LogP contribution in [0.3, 0.4) is 0 Å². The molecule has 1 heteroatoms. The Morgan fingerprint density at radius 1 is 1.29 bits per heavy atom. The fourth-order valence-corrected chi connectivity index (χ4v) is 1.62. The van der Waals surface area contributed by atoms with Gasteiger partial charge >= 0.3 is 0 Å². The van der Waals surface area contributed by atoms with Gasteiger partial charge in [-0.05, 0) is 38.3 Å². The highest BCUT2D eigenvalue weighted by atomic mass is 14.8. The fourth-order valence-electron chi connectivity index (χ4n) is 1.62. The molecule has 0 aromatic carbocycles. The van der Waals surface area contributed by atoms with Crippen molar-refractivity contribution in [2.24, 2.45) is 5.92 Å². The number of allylic oxidation sites excluding steroid dienone is 1. The summed E-state index contributed by atoms with van der Waals surface area (Å²) >= 11 is 0. The lowest BCUT2D eigenvalue weighted by Crippen LogP contribution is -2.23. The number of nitrogens with one attached hydrogen (secondary N) is 1. The summed E-state index contributed by atoms with van der Waals surface area (Å²) in [4.78, 5) is 0. The second-order valence-corrected chi connectivity index (χ2v) is 4.05. The summed E-state index contributed by atoms with van der Waals surface area (Å²) in [5.74, 6) is 0.888. The maximum Gasteiger partial charge on any atom is -0.00206 e. The Balaban J connectivity index is 3.28. The quantitative estimate of drug-likeness (QED) is 0.415. The minimum Gasteiger partial charge on any atom is -0.316 e. The van der Waals surface area contributed by atoms with Crippen molar-refractivity contribution in [2.45, 2.75) is 52.4 Å². The molecule has 0 saturated heterocycles. The molecule has 0 heterocycles. The van der Waals surface area contributed by atoms with E-state index in [2.05, 4.69) is 25.7 Å². The molecule has 0 aliphatic carbocycles. The molecule has 0 saturated carbocycles. The maximum absolute atomic E-state index is 3.72. The van der Waals surface area contributed by atoms with Gasteiger partial charge < -0.3 is 5.32 Å². The second kappa shape index (κ2) is 10.8. The van der Waals surface area contributed by atoms with Crippen molar-refractivity contribution < 1.29 is 0 Å². The van der Waals surface area contributed by atoms with Crippen LogP contribution >= 0.6 is 0 Å². The standard InChI is InChI=1S/C13H27N/c1-4-7-9-11-14-12-13(6-3)10-8-5-2/h4,13-14H,1,5-12H2,2-3H3. The molecule has 0 aliphatic heterocycles. The van der Waals surface area contributed by atoms with Crippen molar-refractivity contribution in [3.8, 4) is 0 Å². The van der Waals surface area contributed by atoms with E-state index in [4.69, 9.17) is 0 Å². The highest BCUT2D eigenvalue weighted by molar-refractivity contribution is 4.67. The van der Waals surface area contributed by atoms with Crippen LogP contribution in [0.15, 0.2) is 12.7 Å². The minimum atomic E-state index is 0.888. The van der Waals surface area contributed by atoms with Gasteiger partial charge in [-0.2, -0.15) is 0 Å². The van der Waals surface area contributed by atoms with Gasteiger partial charge in [-0.3, -0.25) is 0 Å². The summed E-state index contributed by atoms with van der Waals surface area (Å²) in [6.45, 7) is 10.6. The van der Waals surface area contributed by atoms with Crippen LogP contribution in [-0.4, -0.2) is 13.1 Å². The van der Waals surface area contributed by atoms with E-state index in [9.17, 15) is 0 Å². The Hall–Kier alpha value is -0.300. The Kier molecular flexibility index (Phi) is 10.5. The van der Waals surface area contributed by atoms with Crippen molar-refractivity contribution in [3.63, 3.8) is 0 Å². The van der Waals surface area contributed by atoms with E-state index in [1.807, 2.05) is 6.08 Å². The molecule has 0 amide bonds. The fraction of sp³-hybridized carbons (Fsp3) is 0.846. The van der Waals surface area contributed by atoms with E-state index >= 15 is 0 Å². The van der Waals surface area contributed by atoms with E-state index in [0.717, 1.165) is 18.9 Å². The van der Waals surface area contributed by atoms with Gasteiger partial charge in [0, 0.05) is 0 Å². The zero-order valence-electron chi connectivity index (χ0n) is 10.0. The first kappa shape index (κ1) is 13.7. The summed E-state index contributed by atoms with van der Waals surface area (Å²) in [5, 5.41) is 3.53. The van der Waals surface area contributed by atoms with E-state index in [1.54, 1.807) is 0 Å². The molecule has 14 heavy (non-hydrogen) atoms. The molecule has 1 N–H and O–H groups in total. The lowest BCUT2D eigenvalue weighted by Gasteiger charge is -2.14. The van der Waals surface area contributed by atoms with Crippen LogP contribution in [0.2, 0.25) is 0 Å². The van der Waals surface area contributed by atoms with Gasteiger partial charge in [0.1, 0.15) is 0 Å². The average Bonchev–Trinajstić information content (AvgIpc) is 2.22. The van der Waals surface area contributed by atoms with Crippen LogP contribution in [0, 0.1) is 5.92 Å². The van der Waals surface area contributed by atoms with Crippen molar-refractivity contribution in [1.29, 1.82) is 0 Å². The van der Waals surface area contributed by atoms with E-state index in [1.165, 1.54) is 38.6 Å².